The molecule has 1 heterocycles. The van der Waals surface area contributed by atoms with E-state index in [0.717, 1.165) is 12.5 Å². The first-order valence-electron chi connectivity index (χ1n) is 8.16. The van der Waals surface area contributed by atoms with Crippen LogP contribution in [0.25, 0.3) is 0 Å². The number of piperazine rings is 1. The first-order chi connectivity index (χ1) is 11.4. The van der Waals surface area contributed by atoms with Gasteiger partial charge in [-0.3, -0.25) is 14.5 Å². The Balaban J connectivity index is 1.86. The number of rotatable bonds is 5. The minimum absolute atomic E-state index is 0.00528. The summed E-state index contributed by atoms with van der Waals surface area (Å²) in [5, 5.41) is 3.06. The van der Waals surface area contributed by atoms with Crippen LogP contribution in [0.5, 0.6) is 0 Å². The van der Waals surface area contributed by atoms with Crippen molar-refractivity contribution in [2.45, 2.75) is 26.3 Å². The van der Waals surface area contributed by atoms with Gasteiger partial charge >= 0.3 is 0 Å². The van der Waals surface area contributed by atoms with Gasteiger partial charge in [0.15, 0.2) is 0 Å². The van der Waals surface area contributed by atoms with Crippen molar-refractivity contribution >= 4 is 23.4 Å². The molecule has 2 rings (SSSR count). The molecule has 0 bridgehead atoms. The molecule has 132 valence electrons. The molecule has 1 fully saturated rings. The molecule has 1 saturated heterocycles. The summed E-state index contributed by atoms with van der Waals surface area (Å²) in [5.74, 6) is -0.664. The molecule has 1 aromatic carbocycles. The van der Waals surface area contributed by atoms with E-state index in [2.05, 4.69) is 5.32 Å². The Morgan fingerprint density at radius 1 is 1.29 bits per heavy atom. The first kappa shape index (κ1) is 18.7. The molecule has 1 aromatic rings. The summed E-state index contributed by atoms with van der Waals surface area (Å²) in [5.41, 5.74) is 0.307. The highest BCUT2D eigenvalue weighted by Crippen LogP contribution is 2.19. The molecule has 0 radical (unpaired) electrons. The van der Waals surface area contributed by atoms with Gasteiger partial charge in [-0.05, 0) is 31.5 Å². The molecule has 0 aliphatic carbocycles. The van der Waals surface area contributed by atoms with Crippen molar-refractivity contribution in [2.24, 2.45) is 0 Å². The predicted octanol–water partition coefficient (Wildman–Crippen LogP) is 2.15. The van der Waals surface area contributed by atoms with Crippen LogP contribution in [-0.2, 0) is 4.79 Å². The summed E-state index contributed by atoms with van der Waals surface area (Å²) in [7, 11) is 0. The van der Waals surface area contributed by atoms with Crippen LogP contribution in [0.4, 0.5) is 4.39 Å². The van der Waals surface area contributed by atoms with Crippen LogP contribution < -0.4 is 5.32 Å². The quantitative estimate of drug-likeness (QED) is 0.880. The number of benzene rings is 1. The Morgan fingerprint density at radius 3 is 2.54 bits per heavy atom. The van der Waals surface area contributed by atoms with E-state index in [1.54, 1.807) is 4.90 Å². The van der Waals surface area contributed by atoms with Gasteiger partial charge in [-0.25, -0.2) is 4.39 Å². The van der Waals surface area contributed by atoms with Crippen molar-refractivity contribution < 1.29 is 14.0 Å². The second kappa shape index (κ2) is 8.44. The zero-order valence-electron chi connectivity index (χ0n) is 14.0. The van der Waals surface area contributed by atoms with Crippen molar-refractivity contribution in [3.8, 4) is 0 Å². The van der Waals surface area contributed by atoms with Crippen molar-refractivity contribution in [2.75, 3.05) is 32.7 Å². The zero-order chi connectivity index (χ0) is 17.7. The Hall–Kier alpha value is -1.66. The molecule has 1 atom stereocenters. The standard InChI is InChI=1S/C17H23ClFN3O2/c1-3-12(2)20-16(23)11-21-6-8-22(9-7-21)17(24)14-5-4-13(19)10-15(14)18/h4-5,10,12H,3,6-9,11H2,1-2H3,(H,20,23). The molecule has 1 unspecified atom stereocenters. The van der Waals surface area contributed by atoms with E-state index in [9.17, 15) is 14.0 Å². The smallest absolute Gasteiger partial charge is 0.255 e. The monoisotopic (exact) mass is 355 g/mol. The fourth-order valence-electron chi connectivity index (χ4n) is 2.57. The van der Waals surface area contributed by atoms with Gasteiger partial charge in [0.2, 0.25) is 5.91 Å². The van der Waals surface area contributed by atoms with Gasteiger partial charge in [0.25, 0.3) is 5.91 Å². The van der Waals surface area contributed by atoms with E-state index in [1.165, 1.54) is 12.1 Å². The van der Waals surface area contributed by atoms with Gasteiger partial charge < -0.3 is 10.2 Å². The molecule has 1 aliphatic rings. The number of nitrogens with zero attached hydrogens (tertiary/aromatic N) is 2. The van der Waals surface area contributed by atoms with Gasteiger partial charge in [-0.1, -0.05) is 18.5 Å². The lowest BCUT2D eigenvalue weighted by atomic mass is 10.1. The molecule has 0 aromatic heterocycles. The summed E-state index contributed by atoms with van der Waals surface area (Å²) in [4.78, 5) is 28.1. The fraction of sp³-hybridized carbons (Fsp3) is 0.529. The van der Waals surface area contributed by atoms with Gasteiger partial charge in [0.05, 0.1) is 17.1 Å². The molecular formula is C17H23ClFN3O2. The average Bonchev–Trinajstić information content (AvgIpc) is 2.54. The lowest BCUT2D eigenvalue weighted by molar-refractivity contribution is -0.123. The molecule has 7 heteroatoms. The highest BCUT2D eigenvalue weighted by Gasteiger charge is 2.24. The maximum absolute atomic E-state index is 13.1. The molecule has 1 N–H and O–H groups in total. The van der Waals surface area contributed by atoms with Crippen LogP contribution in [0, 0.1) is 5.82 Å². The molecular weight excluding hydrogens is 333 g/mol. The van der Waals surface area contributed by atoms with Crippen molar-refractivity contribution in [3.05, 3.63) is 34.6 Å². The highest BCUT2D eigenvalue weighted by atomic mass is 35.5. The molecule has 0 saturated carbocycles. The number of carbonyl (C=O) groups is 2. The van der Waals surface area contributed by atoms with E-state index >= 15 is 0 Å². The largest absolute Gasteiger partial charge is 0.353 e. The third-order valence-electron chi connectivity index (χ3n) is 4.21. The van der Waals surface area contributed by atoms with Crippen LogP contribution >= 0.6 is 11.6 Å². The van der Waals surface area contributed by atoms with Gasteiger partial charge in [-0.15, -0.1) is 0 Å². The Labute approximate surface area is 146 Å². The van der Waals surface area contributed by atoms with E-state index < -0.39 is 5.82 Å². The highest BCUT2D eigenvalue weighted by molar-refractivity contribution is 6.33. The van der Waals surface area contributed by atoms with Crippen molar-refractivity contribution in [1.82, 2.24) is 15.1 Å². The summed E-state index contributed by atoms with van der Waals surface area (Å²) in [6.45, 7) is 6.61. The van der Waals surface area contributed by atoms with E-state index in [-0.39, 0.29) is 22.9 Å². The van der Waals surface area contributed by atoms with Crippen LogP contribution in [-0.4, -0.2) is 60.4 Å². The summed E-state index contributed by atoms with van der Waals surface area (Å²) >= 11 is 5.95. The third kappa shape index (κ3) is 4.92. The Kier molecular flexibility index (Phi) is 6.57. The normalized spacial score (nSPS) is 16.8. The van der Waals surface area contributed by atoms with E-state index in [1.807, 2.05) is 18.7 Å². The molecule has 1 aliphatic heterocycles. The maximum atomic E-state index is 13.1. The zero-order valence-corrected chi connectivity index (χ0v) is 14.8. The molecule has 0 spiro atoms. The van der Waals surface area contributed by atoms with Crippen LogP contribution in [0.15, 0.2) is 18.2 Å². The molecule has 2 amide bonds. The lowest BCUT2D eigenvalue weighted by Crippen LogP contribution is -2.51. The topological polar surface area (TPSA) is 52.7 Å². The summed E-state index contributed by atoms with van der Waals surface area (Å²) in [6.07, 6.45) is 0.895. The lowest BCUT2D eigenvalue weighted by Gasteiger charge is -2.34. The summed E-state index contributed by atoms with van der Waals surface area (Å²) < 4.78 is 13.1. The molecule has 5 nitrogen and oxygen atoms in total. The third-order valence-corrected chi connectivity index (χ3v) is 4.52. The number of carbonyl (C=O) groups excluding carboxylic acids is 2. The van der Waals surface area contributed by atoms with E-state index in [4.69, 9.17) is 11.6 Å². The average molecular weight is 356 g/mol. The van der Waals surface area contributed by atoms with Crippen molar-refractivity contribution in [1.29, 1.82) is 0 Å². The van der Waals surface area contributed by atoms with Crippen LogP contribution in [0.2, 0.25) is 5.02 Å². The van der Waals surface area contributed by atoms with Gasteiger partial charge in [0, 0.05) is 32.2 Å². The minimum atomic E-state index is -0.464. The van der Waals surface area contributed by atoms with Gasteiger partial charge in [-0.2, -0.15) is 0 Å². The van der Waals surface area contributed by atoms with E-state index in [0.29, 0.717) is 38.3 Å². The van der Waals surface area contributed by atoms with Crippen LogP contribution in [0.1, 0.15) is 30.6 Å². The predicted molar refractivity (Wildman–Crippen MR) is 91.6 cm³/mol. The van der Waals surface area contributed by atoms with Crippen molar-refractivity contribution in [3.63, 3.8) is 0 Å². The van der Waals surface area contributed by atoms with Crippen LogP contribution in [0.3, 0.4) is 0 Å². The second-order valence-corrected chi connectivity index (χ2v) is 6.48. The van der Waals surface area contributed by atoms with Gasteiger partial charge in [0.1, 0.15) is 5.82 Å². The fourth-order valence-corrected chi connectivity index (χ4v) is 2.82. The Bertz CT molecular complexity index is 603. The number of halogens is 2. The molecule has 24 heavy (non-hydrogen) atoms. The first-order valence-corrected chi connectivity index (χ1v) is 8.54. The summed E-state index contributed by atoms with van der Waals surface area (Å²) in [6, 6.07) is 3.95. The SMILES string of the molecule is CCC(C)NC(=O)CN1CCN(C(=O)c2ccc(F)cc2Cl)CC1. The number of hydrogen-bond donors (Lipinski definition) is 1. The second-order valence-electron chi connectivity index (χ2n) is 6.07. The minimum Gasteiger partial charge on any atom is -0.353 e. The number of nitrogens with one attached hydrogen (secondary N) is 1. The number of hydrogen-bond acceptors (Lipinski definition) is 3. The maximum Gasteiger partial charge on any atom is 0.255 e. The number of amides is 2. The Morgan fingerprint density at radius 2 is 1.96 bits per heavy atom.